The number of benzene rings is 1. The Morgan fingerprint density at radius 2 is 2.09 bits per heavy atom. The molecule has 1 aliphatic rings. The van der Waals surface area contributed by atoms with Gasteiger partial charge in [0.2, 0.25) is 5.91 Å². The number of rotatable bonds is 7. The van der Waals surface area contributed by atoms with Gasteiger partial charge in [-0.15, -0.1) is 0 Å². The van der Waals surface area contributed by atoms with Crippen LogP contribution >= 0.6 is 0 Å². The zero-order valence-electron chi connectivity index (χ0n) is 13.1. The second-order valence-corrected chi connectivity index (χ2v) is 5.92. The van der Waals surface area contributed by atoms with Gasteiger partial charge in [-0.2, -0.15) is 0 Å². The lowest BCUT2D eigenvalue weighted by Crippen LogP contribution is -2.29. The number of fused-ring (bicyclic) bond motifs is 1. The van der Waals surface area contributed by atoms with Gasteiger partial charge in [0, 0.05) is 35.8 Å². The van der Waals surface area contributed by atoms with Gasteiger partial charge in [-0.05, 0) is 31.4 Å². The first-order valence-electron chi connectivity index (χ1n) is 8.18. The number of aryl methyl sites for hydroxylation is 1. The van der Waals surface area contributed by atoms with Gasteiger partial charge in [0.05, 0.1) is 5.52 Å². The first kappa shape index (κ1) is 14.8. The van der Waals surface area contributed by atoms with Crippen molar-refractivity contribution in [2.75, 3.05) is 18.4 Å². The molecule has 0 spiro atoms. The molecule has 4 nitrogen and oxygen atoms in total. The van der Waals surface area contributed by atoms with Crippen LogP contribution in [-0.2, 0) is 11.2 Å². The Morgan fingerprint density at radius 1 is 1.27 bits per heavy atom. The van der Waals surface area contributed by atoms with E-state index in [0.29, 0.717) is 6.54 Å². The van der Waals surface area contributed by atoms with Gasteiger partial charge in [-0.1, -0.05) is 31.5 Å². The third-order valence-corrected chi connectivity index (χ3v) is 3.96. The van der Waals surface area contributed by atoms with Gasteiger partial charge < -0.3 is 10.6 Å². The second-order valence-electron chi connectivity index (χ2n) is 5.92. The highest BCUT2D eigenvalue weighted by Gasteiger charge is 2.28. The van der Waals surface area contributed by atoms with Crippen molar-refractivity contribution in [1.29, 1.82) is 0 Å². The van der Waals surface area contributed by atoms with E-state index >= 15 is 0 Å². The molecule has 2 aromatic rings. The van der Waals surface area contributed by atoms with Crippen molar-refractivity contribution in [3.05, 3.63) is 36.0 Å². The molecule has 1 amide bonds. The summed E-state index contributed by atoms with van der Waals surface area (Å²) in [5.41, 5.74) is 3.25. The number of carbonyl (C=O) groups is 1. The average molecular weight is 297 g/mol. The van der Waals surface area contributed by atoms with Gasteiger partial charge in [-0.25, -0.2) is 0 Å². The smallest absolute Gasteiger partial charge is 0.223 e. The molecule has 1 fully saturated rings. The molecule has 0 radical (unpaired) electrons. The molecule has 2 N–H and O–H groups in total. The fraction of sp³-hybridized carbons (Fsp3) is 0.444. The number of nitrogens with one attached hydrogen (secondary N) is 2. The summed E-state index contributed by atoms with van der Waals surface area (Å²) in [5, 5.41) is 7.57. The number of hydrogen-bond acceptors (Lipinski definition) is 3. The number of para-hydroxylation sites is 1. The van der Waals surface area contributed by atoms with Crippen LogP contribution in [0.5, 0.6) is 0 Å². The fourth-order valence-electron chi connectivity index (χ4n) is 2.63. The van der Waals surface area contributed by atoms with Gasteiger partial charge >= 0.3 is 0 Å². The summed E-state index contributed by atoms with van der Waals surface area (Å²) in [6, 6.07) is 10.3. The number of anilines is 1. The highest BCUT2D eigenvalue weighted by atomic mass is 16.2. The van der Waals surface area contributed by atoms with E-state index in [-0.39, 0.29) is 11.8 Å². The number of aromatic nitrogens is 1. The Balaban J connectivity index is 1.66. The molecule has 0 bridgehead atoms. The lowest BCUT2D eigenvalue weighted by Gasteiger charge is -2.12. The number of hydrogen-bond donors (Lipinski definition) is 2. The Labute approximate surface area is 131 Å². The van der Waals surface area contributed by atoms with E-state index in [4.69, 9.17) is 4.98 Å². The van der Waals surface area contributed by atoms with Crippen molar-refractivity contribution in [2.45, 2.75) is 32.6 Å². The average Bonchev–Trinajstić information content (AvgIpc) is 3.36. The van der Waals surface area contributed by atoms with E-state index in [1.807, 2.05) is 12.1 Å². The molecule has 0 saturated heterocycles. The number of nitrogens with zero attached hydrogens (tertiary/aromatic N) is 1. The van der Waals surface area contributed by atoms with Crippen LogP contribution in [0.4, 0.5) is 5.69 Å². The van der Waals surface area contributed by atoms with E-state index < -0.39 is 0 Å². The lowest BCUT2D eigenvalue weighted by atomic mass is 10.1. The molecular formula is C18H23N3O. The molecule has 1 heterocycles. The van der Waals surface area contributed by atoms with E-state index in [9.17, 15) is 4.79 Å². The van der Waals surface area contributed by atoms with Crippen molar-refractivity contribution in [3.63, 3.8) is 0 Å². The number of carbonyl (C=O) groups excluding carboxylic acids is 1. The standard InChI is InChI=1S/C18H23N3O/c1-2-5-14-12-17(15-6-3-4-7-16(15)21-14)19-10-11-20-18(22)13-8-9-13/h3-4,6-7,12-13H,2,5,8-11H2,1H3,(H,19,21)(H,20,22). The third kappa shape index (κ3) is 3.56. The molecule has 4 heteroatoms. The third-order valence-electron chi connectivity index (χ3n) is 3.96. The molecule has 1 saturated carbocycles. The molecule has 1 aliphatic carbocycles. The monoisotopic (exact) mass is 297 g/mol. The van der Waals surface area contributed by atoms with Crippen molar-refractivity contribution in [3.8, 4) is 0 Å². The predicted molar refractivity (Wildman–Crippen MR) is 90.0 cm³/mol. The van der Waals surface area contributed by atoms with Crippen LogP contribution in [0, 0.1) is 5.92 Å². The maximum Gasteiger partial charge on any atom is 0.223 e. The fourth-order valence-corrected chi connectivity index (χ4v) is 2.63. The Bertz CT molecular complexity index is 664. The minimum absolute atomic E-state index is 0.202. The summed E-state index contributed by atoms with van der Waals surface area (Å²) >= 11 is 0. The maximum absolute atomic E-state index is 11.6. The molecular weight excluding hydrogens is 274 g/mol. The summed E-state index contributed by atoms with van der Waals surface area (Å²) in [7, 11) is 0. The molecule has 116 valence electrons. The molecule has 0 aliphatic heterocycles. The van der Waals surface area contributed by atoms with Crippen LogP contribution in [0.3, 0.4) is 0 Å². The number of pyridine rings is 1. The SMILES string of the molecule is CCCc1cc(NCCNC(=O)C2CC2)c2ccccc2n1. The van der Waals surface area contributed by atoms with Crippen molar-refractivity contribution in [1.82, 2.24) is 10.3 Å². The highest BCUT2D eigenvalue weighted by Crippen LogP contribution is 2.28. The summed E-state index contributed by atoms with van der Waals surface area (Å²) in [6.07, 6.45) is 4.17. The summed E-state index contributed by atoms with van der Waals surface area (Å²) in [6.45, 7) is 3.56. The van der Waals surface area contributed by atoms with Gasteiger partial charge in [0.15, 0.2) is 0 Å². The zero-order chi connectivity index (χ0) is 15.4. The maximum atomic E-state index is 11.6. The largest absolute Gasteiger partial charge is 0.383 e. The minimum atomic E-state index is 0.202. The van der Waals surface area contributed by atoms with Crippen LogP contribution < -0.4 is 10.6 Å². The quantitative estimate of drug-likeness (QED) is 0.772. The van der Waals surface area contributed by atoms with Crippen molar-refractivity contribution >= 4 is 22.5 Å². The lowest BCUT2D eigenvalue weighted by molar-refractivity contribution is -0.122. The highest BCUT2D eigenvalue weighted by molar-refractivity contribution is 5.91. The van der Waals surface area contributed by atoms with Crippen LogP contribution in [-0.4, -0.2) is 24.0 Å². The van der Waals surface area contributed by atoms with Crippen molar-refractivity contribution < 1.29 is 4.79 Å². The van der Waals surface area contributed by atoms with Gasteiger partial charge in [0.1, 0.15) is 0 Å². The minimum Gasteiger partial charge on any atom is -0.383 e. The zero-order valence-corrected chi connectivity index (χ0v) is 13.1. The molecule has 0 unspecified atom stereocenters. The van der Waals surface area contributed by atoms with Crippen molar-refractivity contribution in [2.24, 2.45) is 5.92 Å². The second kappa shape index (κ2) is 6.77. The molecule has 0 atom stereocenters. The normalized spacial score (nSPS) is 14.0. The topological polar surface area (TPSA) is 54.0 Å². The number of amides is 1. The van der Waals surface area contributed by atoms with Gasteiger partial charge in [0.25, 0.3) is 0 Å². The molecule has 1 aromatic carbocycles. The van der Waals surface area contributed by atoms with E-state index in [1.165, 1.54) is 0 Å². The van der Waals surface area contributed by atoms with Crippen LogP contribution in [0.1, 0.15) is 31.9 Å². The Morgan fingerprint density at radius 3 is 2.86 bits per heavy atom. The summed E-state index contributed by atoms with van der Waals surface area (Å²) in [5.74, 6) is 0.478. The molecule has 22 heavy (non-hydrogen) atoms. The first-order chi connectivity index (χ1) is 10.8. The molecule has 1 aromatic heterocycles. The van der Waals surface area contributed by atoms with E-state index in [1.54, 1.807) is 0 Å². The predicted octanol–water partition coefficient (Wildman–Crippen LogP) is 3.13. The van der Waals surface area contributed by atoms with Crippen LogP contribution in [0.2, 0.25) is 0 Å². The van der Waals surface area contributed by atoms with Gasteiger partial charge in [-0.3, -0.25) is 9.78 Å². The van der Waals surface area contributed by atoms with E-state index in [2.05, 4.69) is 35.8 Å². The van der Waals surface area contributed by atoms with E-state index in [0.717, 1.165) is 54.5 Å². The van der Waals surface area contributed by atoms with Crippen LogP contribution in [0.15, 0.2) is 30.3 Å². The summed E-state index contributed by atoms with van der Waals surface area (Å²) < 4.78 is 0. The Hall–Kier alpha value is -2.10. The molecule has 3 rings (SSSR count). The Kier molecular flexibility index (Phi) is 4.56. The first-order valence-corrected chi connectivity index (χ1v) is 8.18. The summed E-state index contributed by atoms with van der Waals surface area (Å²) in [4.78, 5) is 16.3. The van der Waals surface area contributed by atoms with Crippen LogP contribution in [0.25, 0.3) is 10.9 Å².